The predicted octanol–water partition coefficient (Wildman–Crippen LogP) is 7.29. The van der Waals surface area contributed by atoms with Crippen molar-refractivity contribution in [3.63, 3.8) is 0 Å². The van der Waals surface area contributed by atoms with Gasteiger partial charge in [0.25, 0.3) is 10.0 Å². The van der Waals surface area contributed by atoms with Crippen LogP contribution in [0.25, 0.3) is 0 Å². The smallest absolute Gasteiger partial charge is 0.264 e. The average Bonchev–Trinajstić information content (AvgIpc) is 3.11. The molecule has 4 aromatic carbocycles. The highest BCUT2D eigenvalue weighted by Crippen LogP contribution is 2.31. The Morgan fingerprint density at radius 3 is 2.17 bits per heavy atom. The fourth-order valence-electron chi connectivity index (χ4n) is 5.95. The van der Waals surface area contributed by atoms with Gasteiger partial charge in [-0.1, -0.05) is 103 Å². The molecule has 48 heavy (non-hydrogen) atoms. The van der Waals surface area contributed by atoms with Gasteiger partial charge >= 0.3 is 0 Å². The molecule has 2 amide bonds. The number of carbonyl (C=O) groups excluding carboxylic acids is 2. The van der Waals surface area contributed by atoms with Gasteiger partial charge in [-0.25, -0.2) is 8.42 Å². The first-order valence-corrected chi connectivity index (χ1v) is 18.1. The van der Waals surface area contributed by atoms with Gasteiger partial charge in [0.2, 0.25) is 11.8 Å². The lowest BCUT2D eigenvalue weighted by Crippen LogP contribution is -2.55. The van der Waals surface area contributed by atoms with Gasteiger partial charge in [0.1, 0.15) is 18.3 Å². The van der Waals surface area contributed by atoms with E-state index in [1.165, 1.54) is 35.2 Å². The van der Waals surface area contributed by atoms with E-state index in [1.54, 1.807) is 37.4 Å². The lowest BCUT2D eigenvalue weighted by atomic mass is 9.94. The van der Waals surface area contributed by atoms with E-state index in [2.05, 4.69) is 5.32 Å². The van der Waals surface area contributed by atoms with Gasteiger partial charge in [-0.3, -0.25) is 13.9 Å². The molecule has 0 heterocycles. The number of nitrogens with zero attached hydrogens (tertiary/aromatic N) is 2. The van der Waals surface area contributed by atoms with Crippen LogP contribution in [-0.4, -0.2) is 50.9 Å². The van der Waals surface area contributed by atoms with Crippen LogP contribution < -0.4 is 14.4 Å². The van der Waals surface area contributed by atoms with E-state index in [4.69, 9.17) is 27.9 Å². The van der Waals surface area contributed by atoms with Crippen LogP contribution in [0.2, 0.25) is 10.0 Å². The third-order valence-corrected chi connectivity index (χ3v) is 11.0. The second-order valence-electron chi connectivity index (χ2n) is 11.8. The molecule has 0 aromatic heterocycles. The fraction of sp³-hybridized carbons (Fsp3) is 0.297. The number of nitrogens with one attached hydrogen (secondary N) is 1. The Labute approximate surface area is 292 Å². The maximum atomic E-state index is 14.7. The SMILES string of the molecule is COc1cccc(CN(C(=O)CN(c2ccc(Cl)c(Cl)c2)S(=O)(=O)c2ccccc2)C(Cc2ccccc2)C(=O)NC2CCCCC2)c1. The Bertz CT molecular complexity index is 1800. The molecule has 4 aromatic rings. The van der Waals surface area contributed by atoms with Crippen molar-refractivity contribution in [2.24, 2.45) is 0 Å². The lowest BCUT2D eigenvalue weighted by molar-refractivity contribution is -0.140. The van der Waals surface area contributed by atoms with Crippen molar-refractivity contribution in [1.82, 2.24) is 10.2 Å². The fourth-order valence-corrected chi connectivity index (χ4v) is 7.67. The molecular weight excluding hydrogens is 669 g/mol. The van der Waals surface area contributed by atoms with Crippen LogP contribution in [0, 0.1) is 0 Å². The van der Waals surface area contributed by atoms with Crippen LogP contribution in [0.15, 0.2) is 108 Å². The number of methoxy groups -OCH3 is 1. The van der Waals surface area contributed by atoms with E-state index in [9.17, 15) is 18.0 Å². The number of hydrogen-bond donors (Lipinski definition) is 1. The van der Waals surface area contributed by atoms with Gasteiger partial charge in [-0.2, -0.15) is 0 Å². The van der Waals surface area contributed by atoms with Crippen molar-refractivity contribution in [2.45, 2.75) is 62.0 Å². The van der Waals surface area contributed by atoms with E-state index in [1.807, 2.05) is 42.5 Å². The number of hydrogen-bond acceptors (Lipinski definition) is 5. The minimum atomic E-state index is -4.26. The Morgan fingerprint density at radius 1 is 0.833 bits per heavy atom. The van der Waals surface area contributed by atoms with Gasteiger partial charge in [0, 0.05) is 19.0 Å². The van der Waals surface area contributed by atoms with Crippen molar-refractivity contribution in [1.29, 1.82) is 0 Å². The zero-order chi connectivity index (χ0) is 34.1. The van der Waals surface area contributed by atoms with Crippen molar-refractivity contribution >= 4 is 50.7 Å². The van der Waals surface area contributed by atoms with Gasteiger partial charge < -0.3 is 15.0 Å². The highest BCUT2D eigenvalue weighted by atomic mass is 35.5. The van der Waals surface area contributed by atoms with Crippen molar-refractivity contribution in [3.05, 3.63) is 124 Å². The highest BCUT2D eigenvalue weighted by Gasteiger charge is 2.35. The summed E-state index contributed by atoms with van der Waals surface area (Å²) in [5, 5.41) is 3.59. The third-order valence-electron chi connectivity index (χ3n) is 8.51. The first kappa shape index (κ1) is 35.3. The topological polar surface area (TPSA) is 96.0 Å². The van der Waals surface area contributed by atoms with Gasteiger partial charge in [0.05, 0.1) is 27.7 Å². The Morgan fingerprint density at radius 2 is 1.50 bits per heavy atom. The van der Waals surface area contributed by atoms with Crippen LogP contribution in [0.5, 0.6) is 5.75 Å². The van der Waals surface area contributed by atoms with E-state index >= 15 is 0 Å². The molecule has 1 atom stereocenters. The molecule has 0 saturated heterocycles. The van der Waals surface area contributed by atoms with E-state index in [0.29, 0.717) is 5.75 Å². The van der Waals surface area contributed by atoms with Crippen molar-refractivity contribution < 1.29 is 22.7 Å². The second kappa shape index (κ2) is 16.4. The van der Waals surface area contributed by atoms with Crippen LogP contribution >= 0.6 is 23.2 Å². The number of rotatable bonds is 13. The van der Waals surface area contributed by atoms with Gasteiger partial charge in [-0.15, -0.1) is 0 Å². The minimum absolute atomic E-state index is 0.000838. The molecule has 0 bridgehead atoms. The van der Waals surface area contributed by atoms with E-state index in [-0.39, 0.29) is 45.5 Å². The summed E-state index contributed by atoms with van der Waals surface area (Å²) in [7, 11) is -2.70. The maximum Gasteiger partial charge on any atom is 0.264 e. The lowest BCUT2D eigenvalue weighted by Gasteiger charge is -2.35. The average molecular weight is 709 g/mol. The molecule has 0 aliphatic heterocycles. The number of amides is 2. The first-order valence-electron chi connectivity index (χ1n) is 16.0. The zero-order valence-corrected chi connectivity index (χ0v) is 29.1. The monoisotopic (exact) mass is 707 g/mol. The molecule has 0 radical (unpaired) electrons. The van der Waals surface area contributed by atoms with Gasteiger partial charge in [-0.05, 0) is 66.4 Å². The van der Waals surface area contributed by atoms with Crippen molar-refractivity contribution in [3.8, 4) is 5.75 Å². The standard InChI is InChI=1S/C37H39Cl2N3O5S/c1-47-31-17-11-14-28(22-31)25-41(35(23-27-12-5-2-6-13-27)37(44)40-29-15-7-3-8-16-29)36(43)26-42(30-20-21-33(38)34(39)24-30)48(45,46)32-18-9-4-10-19-32/h2,4-6,9-14,17-22,24,29,35H,3,7-8,15-16,23,25-26H2,1H3,(H,40,44). The highest BCUT2D eigenvalue weighted by molar-refractivity contribution is 7.92. The van der Waals surface area contributed by atoms with E-state index in [0.717, 1.165) is 47.5 Å². The summed E-state index contributed by atoms with van der Waals surface area (Å²) < 4.78 is 34.8. The quantitative estimate of drug-likeness (QED) is 0.158. The molecular formula is C37H39Cl2N3O5S. The van der Waals surface area contributed by atoms with Crippen LogP contribution in [0.4, 0.5) is 5.69 Å². The maximum absolute atomic E-state index is 14.7. The summed E-state index contributed by atoms with van der Waals surface area (Å²) in [4.78, 5) is 30.4. The summed E-state index contributed by atoms with van der Waals surface area (Å²) in [5.74, 6) is -0.257. The molecule has 5 rings (SSSR count). The summed E-state index contributed by atoms with van der Waals surface area (Å²) in [6.07, 6.45) is 5.14. The zero-order valence-electron chi connectivity index (χ0n) is 26.7. The molecule has 252 valence electrons. The molecule has 0 spiro atoms. The van der Waals surface area contributed by atoms with Crippen LogP contribution in [0.1, 0.15) is 43.2 Å². The molecule has 1 fully saturated rings. The number of anilines is 1. The molecule has 11 heteroatoms. The van der Waals surface area contributed by atoms with Crippen LogP contribution in [-0.2, 0) is 32.6 Å². The number of carbonyl (C=O) groups is 2. The molecule has 1 unspecified atom stereocenters. The largest absolute Gasteiger partial charge is 0.497 e. The summed E-state index contributed by atoms with van der Waals surface area (Å²) in [5.41, 5.74) is 1.75. The Kier molecular flexibility index (Phi) is 12.0. The van der Waals surface area contributed by atoms with Crippen LogP contribution in [0.3, 0.4) is 0 Å². The Hall–Kier alpha value is -4.05. The third kappa shape index (κ3) is 8.89. The molecule has 1 N–H and O–H groups in total. The number of benzene rings is 4. The summed E-state index contributed by atoms with van der Waals surface area (Å²) in [6.45, 7) is -0.562. The van der Waals surface area contributed by atoms with E-state index < -0.39 is 28.5 Å². The predicted molar refractivity (Wildman–Crippen MR) is 190 cm³/mol. The minimum Gasteiger partial charge on any atom is -0.497 e. The normalized spacial score (nSPS) is 14.1. The number of halogens is 2. The van der Waals surface area contributed by atoms with Gasteiger partial charge in [0.15, 0.2) is 0 Å². The summed E-state index contributed by atoms with van der Waals surface area (Å²) >= 11 is 12.5. The Balaban J connectivity index is 1.58. The number of ether oxygens (including phenoxy) is 1. The number of sulfonamides is 1. The second-order valence-corrected chi connectivity index (χ2v) is 14.5. The molecule has 1 aliphatic rings. The van der Waals surface area contributed by atoms with Crippen molar-refractivity contribution in [2.75, 3.05) is 18.0 Å². The first-order chi connectivity index (χ1) is 23.2. The molecule has 1 saturated carbocycles. The summed E-state index contributed by atoms with van der Waals surface area (Å²) in [6, 6.07) is 28.1. The molecule has 1 aliphatic carbocycles. The molecule has 8 nitrogen and oxygen atoms in total.